The summed E-state index contributed by atoms with van der Waals surface area (Å²) in [4.78, 5) is 12.0. The molecule has 0 aliphatic carbocycles. The number of carbonyl (C=O) groups excluding carboxylic acids is 1. The van der Waals surface area contributed by atoms with Crippen LogP contribution in [0.3, 0.4) is 0 Å². The Bertz CT molecular complexity index is 743. The van der Waals surface area contributed by atoms with Crippen LogP contribution >= 0.6 is 31.9 Å². The highest BCUT2D eigenvalue weighted by Crippen LogP contribution is 2.32. The van der Waals surface area contributed by atoms with Crippen molar-refractivity contribution in [3.63, 3.8) is 0 Å². The molecule has 0 radical (unpaired) electrons. The summed E-state index contributed by atoms with van der Waals surface area (Å²) in [6, 6.07) is 8.50. The summed E-state index contributed by atoms with van der Waals surface area (Å²) < 4.78 is 13.9. The van der Waals surface area contributed by atoms with E-state index in [2.05, 4.69) is 47.7 Å². The summed E-state index contributed by atoms with van der Waals surface area (Å²) in [7, 11) is 0. The van der Waals surface area contributed by atoms with E-state index in [1.165, 1.54) is 18.3 Å². The first kappa shape index (κ1) is 18.4. The van der Waals surface area contributed by atoms with Crippen molar-refractivity contribution in [1.29, 1.82) is 0 Å². The molecule has 0 aromatic heterocycles. The minimum atomic E-state index is -0.550. The van der Waals surface area contributed by atoms with Crippen molar-refractivity contribution in [3.05, 3.63) is 56.7 Å². The van der Waals surface area contributed by atoms with Crippen LogP contribution in [0.25, 0.3) is 0 Å². The van der Waals surface area contributed by atoms with E-state index in [9.17, 15) is 14.3 Å². The van der Waals surface area contributed by atoms with Crippen molar-refractivity contribution in [3.8, 4) is 5.75 Å². The molecule has 24 heavy (non-hydrogen) atoms. The highest BCUT2D eigenvalue weighted by molar-refractivity contribution is 9.11. The number of nitrogens with zero attached hydrogens (tertiary/aromatic N) is 1. The Balaban J connectivity index is 1.93. The van der Waals surface area contributed by atoms with Gasteiger partial charge < -0.3 is 10.4 Å². The van der Waals surface area contributed by atoms with E-state index in [4.69, 9.17) is 0 Å². The number of phenols is 1. The summed E-state index contributed by atoms with van der Waals surface area (Å²) in [6.07, 6.45) is 1.46. The second-order valence-corrected chi connectivity index (χ2v) is 6.65. The highest BCUT2D eigenvalue weighted by Gasteiger charge is 2.11. The van der Waals surface area contributed by atoms with Gasteiger partial charge in [-0.05, 0) is 80.7 Å². The number of halogens is 3. The van der Waals surface area contributed by atoms with Gasteiger partial charge in [0.05, 0.1) is 15.2 Å². The van der Waals surface area contributed by atoms with E-state index in [1.54, 1.807) is 31.2 Å². The first-order valence-corrected chi connectivity index (χ1v) is 8.48. The van der Waals surface area contributed by atoms with Crippen molar-refractivity contribution in [2.45, 2.75) is 13.0 Å². The van der Waals surface area contributed by atoms with Crippen LogP contribution in [0, 0.1) is 5.82 Å². The van der Waals surface area contributed by atoms with Crippen LogP contribution < -0.4 is 10.7 Å². The third-order valence-electron chi connectivity index (χ3n) is 3.05. The fourth-order valence-electron chi connectivity index (χ4n) is 1.79. The molecule has 0 bridgehead atoms. The number of anilines is 1. The zero-order valence-electron chi connectivity index (χ0n) is 12.6. The first-order chi connectivity index (χ1) is 11.4. The van der Waals surface area contributed by atoms with Crippen molar-refractivity contribution in [2.24, 2.45) is 5.10 Å². The summed E-state index contributed by atoms with van der Waals surface area (Å²) >= 11 is 6.43. The largest absolute Gasteiger partial charge is 0.506 e. The lowest BCUT2D eigenvalue weighted by Gasteiger charge is -2.13. The molecular formula is C16H14Br2FN3O2. The molecule has 0 aliphatic heterocycles. The van der Waals surface area contributed by atoms with E-state index in [-0.39, 0.29) is 17.5 Å². The number of nitrogens with one attached hydrogen (secondary N) is 2. The molecule has 2 aromatic rings. The fourth-order valence-corrected chi connectivity index (χ4v) is 3.01. The van der Waals surface area contributed by atoms with Crippen LogP contribution in [0.4, 0.5) is 10.1 Å². The molecule has 0 aliphatic rings. The molecule has 2 aromatic carbocycles. The lowest BCUT2D eigenvalue weighted by atomic mass is 10.2. The number of phenolic OH excluding ortho intramolecular Hbond substituents is 1. The summed E-state index contributed by atoms with van der Waals surface area (Å²) in [5, 5.41) is 16.5. The second kappa shape index (κ2) is 8.25. The predicted molar refractivity (Wildman–Crippen MR) is 98.7 cm³/mol. The maximum absolute atomic E-state index is 12.8. The lowest BCUT2D eigenvalue weighted by Crippen LogP contribution is -2.34. The number of rotatable bonds is 5. The van der Waals surface area contributed by atoms with Crippen LogP contribution in [-0.4, -0.2) is 23.3 Å². The number of amides is 1. The molecule has 2 rings (SSSR count). The van der Waals surface area contributed by atoms with Gasteiger partial charge in [-0.1, -0.05) is 0 Å². The van der Waals surface area contributed by atoms with Gasteiger partial charge in [0.2, 0.25) is 0 Å². The van der Waals surface area contributed by atoms with Gasteiger partial charge >= 0.3 is 0 Å². The zero-order chi connectivity index (χ0) is 17.7. The molecule has 1 atom stereocenters. The van der Waals surface area contributed by atoms with Gasteiger partial charge in [0.25, 0.3) is 5.91 Å². The number of benzene rings is 2. The van der Waals surface area contributed by atoms with Crippen LogP contribution in [0.5, 0.6) is 5.75 Å². The quantitative estimate of drug-likeness (QED) is 0.468. The smallest absolute Gasteiger partial charge is 0.262 e. The lowest BCUT2D eigenvalue weighted by molar-refractivity contribution is -0.121. The van der Waals surface area contributed by atoms with Crippen molar-refractivity contribution >= 4 is 49.7 Å². The average Bonchev–Trinajstić information content (AvgIpc) is 2.54. The highest BCUT2D eigenvalue weighted by atomic mass is 79.9. The Labute approximate surface area is 155 Å². The number of carbonyl (C=O) groups is 1. The molecule has 126 valence electrons. The second-order valence-electron chi connectivity index (χ2n) is 4.94. The molecule has 8 heteroatoms. The van der Waals surface area contributed by atoms with Crippen LogP contribution in [0.15, 0.2) is 50.4 Å². The van der Waals surface area contributed by atoms with Crippen molar-refractivity contribution in [1.82, 2.24) is 5.43 Å². The molecular weight excluding hydrogens is 445 g/mol. The minimum absolute atomic E-state index is 0.0910. The maximum Gasteiger partial charge on any atom is 0.262 e. The molecule has 0 heterocycles. The third-order valence-corrected chi connectivity index (χ3v) is 4.26. The monoisotopic (exact) mass is 457 g/mol. The Morgan fingerprint density at radius 2 is 1.83 bits per heavy atom. The van der Waals surface area contributed by atoms with E-state index in [0.717, 1.165) is 0 Å². The predicted octanol–water partition coefficient (Wildman–Crippen LogP) is 4.01. The maximum atomic E-state index is 12.8. The summed E-state index contributed by atoms with van der Waals surface area (Å²) in [5.41, 5.74) is 3.74. The summed E-state index contributed by atoms with van der Waals surface area (Å²) in [6.45, 7) is 1.67. The zero-order valence-corrected chi connectivity index (χ0v) is 15.7. The number of hydrazone groups is 1. The fraction of sp³-hybridized carbons (Fsp3) is 0.125. The standard InChI is InChI=1S/C16H14Br2FN3O2/c1-9(21-12-4-2-11(19)3-5-12)16(24)22-20-8-10-6-13(17)15(23)14(18)7-10/h2-9,21,23H,1H3,(H,22,24)/b20-8+. The van der Waals surface area contributed by atoms with Gasteiger partial charge in [-0.15, -0.1) is 0 Å². The topological polar surface area (TPSA) is 73.7 Å². The van der Waals surface area contributed by atoms with Gasteiger partial charge in [-0.25, -0.2) is 9.82 Å². The van der Waals surface area contributed by atoms with Gasteiger partial charge in [-0.3, -0.25) is 4.79 Å². The van der Waals surface area contributed by atoms with E-state index in [1.807, 2.05) is 0 Å². The van der Waals surface area contributed by atoms with Crippen molar-refractivity contribution in [2.75, 3.05) is 5.32 Å². The van der Waals surface area contributed by atoms with Gasteiger partial charge in [0.1, 0.15) is 17.6 Å². The Morgan fingerprint density at radius 1 is 1.25 bits per heavy atom. The molecule has 5 nitrogen and oxygen atoms in total. The first-order valence-electron chi connectivity index (χ1n) is 6.90. The molecule has 0 saturated heterocycles. The van der Waals surface area contributed by atoms with E-state index >= 15 is 0 Å². The molecule has 1 amide bonds. The van der Waals surface area contributed by atoms with Crippen LogP contribution in [0.1, 0.15) is 12.5 Å². The molecule has 0 spiro atoms. The molecule has 1 unspecified atom stereocenters. The Hall–Kier alpha value is -1.93. The number of hydrogen-bond donors (Lipinski definition) is 3. The van der Waals surface area contributed by atoms with Crippen LogP contribution in [0.2, 0.25) is 0 Å². The van der Waals surface area contributed by atoms with Crippen molar-refractivity contribution < 1.29 is 14.3 Å². The summed E-state index contributed by atoms with van der Waals surface area (Å²) in [5.74, 6) is -0.589. The number of hydrogen-bond acceptors (Lipinski definition) is 4. The van der Waals surface area contributed by atoms with Gasteiger partial charge in [0, 0.05) is 5.69 Å². The van der Waals surface area contributed by atoms with Gasteiger partial charge in [0.15, 0.2) is 0 Å². The van der Waals surface area contributed by atoms with Crippen LogP contribution in [-0.2, 0) is 4.79 Å². The van der Waals surface area contributed by atoms with E-state index in [0.29, 0.717) is 20.2 Å². The number of aromatic hydroxyl groups is 1. The molecule has 3 N–H and O–H groups in total. The Kier molecular flexibility index (Phi) is 6.33. The normalized spacial score (nSPS) is 12.2. The average molecular weight is 459 g/mol. The van der Waals surface area contributed by atoms with E-state index < -0.39 is 6.04 Å². The molecule has 0 saturated carbocycles. The Morgan fingerprint density at radius 3 is 2.42 bits per heavy atom. The SMILES string of the molecule is CC(Nc1ccc(F)cc1)C(=O)N/N=C/c1cc(Br)c(O)c(Br)c1. The third kappa shape index (κ3) is 5.04. The molecule has 0 fully saturated rings. The van der Waals surface area contributed by atoms with Gasteiger partial charge in [-0.2, -0.15) is 5.10 Å². The minimum Gasteiger partial charge on any atom is -0.506 e.